The minimum atomic E-state index is -3.69. The van der Waals surface area contributed by atoms with Gasteiger partial charge in [0, 0.05) is 32.1 Å². The van der Waals surface area contributed by atoms with Crippen LogP contribution in [0, 0.1) is 18.8 Å². The van der Waals surface area contributed by atoms with Gasteiger partial charge in [0.05, 0.1) is 19.6 Å². The molecule has 0 bridgehead atoms. The van der Waals surface area contributed by atoms with Crippen molar-refractivity contribution in [2.75, 3.05) is 39.9 Å². The van der Waals surface area contributed by atoms with Crippen molar-refractivity contribution in [2.24, 2.45) is 11.8 Å². The second-order valence-electron chi connectivity index (χ2n) is 8.18. The van der Waals surface area contributed by atoms with Gasteiger partial charge in [-0.3, -0.25) is 9.59 Å². The molecule has 2 saturated heterocycles. The zero-order chi connectivity index (χ0) is 22.6. The molecule has 0 atom stereocenters. The third-order valence-corrected chi connectivity index (χ3v) is 8.09. The van der Waals surface area contributed by atoms with Gasteiger partial charge < -0.3 is 14.4 Å². The number of rotatable bonds is 6. The van der Waals surface area contributed by atoms with Gasteiger partial charge in [-0.05, 0) is 57.2 Å². The Kier molecular flexibility index (Phi) is 7.59. The summed E-state index contributed by atoms with van der Waals surface area (Å²) in [5, 5.41) is 0. The zero-order valence-corrected chi connectivity index (χ0v) is 19.3. The molecule has 1 aromatic rings. The van der Waals surface area contributed by atoms with Crippen LogP contribution in [0.3, 0.4) is 0 Å². The Morgan fingerprint density at radius 2 is 1.65 bits per heavy atom. The molecule has 2 fully saturated rings. The summed E-state index contributed by atoms with van der Waals surface area (Å²) < 4.78 is 38.1. The Hall–Kier alpha value is -2.13. The number of nitrogens with zero attached hydrogens (tertiary/aromatic N) is 2. The first-order valence-electron chi connectivity index (χ1n) is 10.9. The molecule has 1 amide bonds. The molecule has 0 saturated carbocycles. The molecule has 0 N–H and O–H groups in total. The topological polar surface area (TPSA) is 93.2 Å². The fraction of sp³-hybridized carbons (Fsp3) is 0.636. The Bertz CT molecular complexity index is 901. The van der Waals surface area contributed by atoms with Crippen LogP contribution in [0.2, 0.25) is 0 Å². The predicted octanol–water partition coefficient (Wildman–Crippen LogP) is 2.21. The molecule has 0 radical (unpaired) electrons. The van der Waals surface area contributed by atoms with Crippen molar-refractivity contribution in [1.29, 1.82) is 0 Å². The Balaban J connectivity index is 1.58. The number of sulfonamides is 1. The average Bonchev–Trinajstić information content (AvgIpc) is 2.79. The summed E-state index contributed by atoms with van der Waals surface area (Å²) in [6, 6.07) is 5.10. The lowest BCUT2D eigenvalue weighted by Crippen LogP contribution is -2.47. The van der Waals surface area contributed by atoms with Crippen LogP contribution >= 0.6 is 0 Å². The normalized spacial score (nSPS) is 19.3. The largest absolute Gasteiger partial charge is 0.495 e. The second-order valence-corrected chi connectivity index (χ2v) is 10.1. The van der Waals surface area contributed by atoms with Crippen LogP contribution in [0.25, 0.3) is 0 Å². The van der Waals surface area contributed by atoms with Crippen molar-refractivity contribution in [3.05, 3.63) is 23.8 Å². The number of carbonyl (C=O) groups is 2. The van der Waals surface area contributed by atoms with E-state index in [1.165, 1.54) is 11.4 Å². The number of hydrogen-bond donors (Lipinski definition) is 0. The summed E-state index contributed by atoms with van der Waals surface area (Å²) in [7, 11) is -2.23. The molecule has 2 aliphatic rings. The first-order chi connectivity index (χ1) is 14.8. The van der Waals surface area contributed by atoms with E-state index in [4.69, 9.17) is 9.47 Å². The zero-order valence-electron chi connectivity index (χ0n) is 18.5. The average molecular weight is 453 g/mol. The number of carbonyl (C=O) groups excluding carboxylic acids is 2. The number of likely N-dealkylation sites (tertiary alicyclic amines) is 1. The fourth-order valence-corrected chi connectivity index (χ4v) is 6.03. The molecule has 172 valence electrons. The maximum atomic E-state index is 13.2. The first kappa shape index (κ1) is 23.5. The quantitative estimate of drug-likeness (QED) is 0.615. The molecule has 1 aromatic carbocycles. The molecule has 0 aromatic heterocycles. The van der Waals surface area contributed by atoms with Crippen molar-refractivity contribution >= 4 is 21.9 Å². The lowest BCUT2D eigenvalue weighted by Gasteiger charge is -2.36. The summed E-state index contributed by atoms with van der Waals surface area (Å²) in [4.78, 5) is 26.8. The van der Waals surface area contributed by atoms with Crippen LogP contribution in [0.15, 0.2) is 23.1 Å². The number of esters is 1. The lowest BCUT2D eigenvalue weighted by molar-refractivity contribution is -0.152. The van der Waals surface area contributed by atoms with Crippen LogP contribution in [0.5, 0.6) is 5.75 Å². The molecular formula is C22H32N2O6S. The number of aryl methyl sites for hydroxylation is 1. The first-order valence-corrected chi connectivity index (χ1v) is 12.3. The van der Waals surface area contributed by atoms with E-state index in [9.17, 15) is 18.0 Å². The molecule has 2 aliphatic heterocycles. The van der Waals surface area contributed by atoms with Gasteiger partial charge in [-0.2, -0.15) is 4.31 Å². The Morgan fingerprint density at radius 1 is 1.03 bits per heavy atom. The van der Waals surface area contributed by atoms with Gasteiger partial charge in [0.1, 0.15) is 10.6 Å². The fourth-order valence-electron chi connectivity index (χ4n) is 4.32. The smallest absolute Gasteiger partial charge is 0.309 e. The van der Waals surface area contributed by atoms with E-state index < -0.39 is 10.0 Å². The second kappa shape index (κ2) is 9.99. The third kappa shape index (κ3) is 5.20. The predicted molar refractivity (Wildman–Crippen MR) is 115 cm³/mol. The van der Waals surface area contributed by atoms with Crippen molar-refractivity contribution < 1.29 is 27.5 Å². The molecule has 0 spiro atoms. The summed E-state index contributed by atoms with van der Waals surface area (Å²) in [6.07, 6.45) is 2.21. The molecule has 9 heteroatoms. The molecule has 0 aliphatic carbocycles. The molecule has 3 rings (SSSR count). The highest BCUT2D eigenvalue weighted by atomic mass is 32.2. The molecular weight excluding hydrogens is 420 g/mol. The van der Waals surface area contributed by atoms with Gasteiger partial charge in [0.25, 0.3) is 0 Å². The lowest BCUT2D eigenvalue weighted by atomic mass is 9.92. The van der Waals surface area contributed by atoms with E-state index in [0.717, 1.165) is 5.56 Å². The van der Waals surface area contributed by atoms with Crippen LogP contribution in [0.1, 0.15) is 38.2 Å². The van der Waals surface area contributed by atoms with Crippen LogP contribution in [-0.4, -0.2) is 69.4 Å². The van der Waals surface area contributed by atoms with Gasteiger partial charge in [-0.1, -0.05) is 6.07 Å². The highest BCUT2D eigenvalue weighted by Crippen LogP contribution is 2.31. The van der Waals surface area contributed by atoms with Crippen molar-refractivity contribution in [3.8, 4) is 5.75 Å². The van der Waals surface area contributed by atoms with Crippen molar-refractivity contribution in [2.45, 2.75) is 44.4 Å². The number of methoxy groups -OCH3 is 1. The van der Waals surface area contributed by atoms with E-state index in [0.29, 0.717) is 64.2 Å². The number of amides is 1. The van der Waals surface area contributed by atoms with Crippen molar-refractivity contribution in [1.82, 2.24) is 9.21 Å². The number of hydrogen-bond acceptors (Lipinski definition) is 6. The minimum absolute atomic E-state index is 0.0625. The van der Waals surface area contributed by atoms with E-state index in [1.54, 1.807) is 19.1 Å². The van der Waals surface area contributed by atoms with E-state index in [-0.39, 0.29) is 28.6 Å². The van der Waals surface area contributed by atoms with Crippen LogP contribution < -0.4 is 4.74 Å². The SMILES string of the molecule is CCOC(=O)C1CCN(C(=O)C2CCN(S(=O)(=O)c3cc(C)ccc3OC)CC2)CC1. The van der Waals surface area contributed by atoms with Gasteiger partial charge in [0.15, 0.2) is 0 Å². The Labute approximate surface area is 184 Å². The minimum Gasteiger partial charge on any atom is -0.495 e. The number of piperidine rings is 2. The molecule has 2 heterocycles. The van der Waals surface area contributed by atoms with Crippen molar-refractivity contribution in [3.63, 3.8) is 0 Å². The van der Waals surface area contributed by atoms with Crippen LogP contribution in [-0.2, 0) is 24.3 Å². The van der Waals surface area contributed by atoms with Crippen LogP contribution in [0.4, 0.5) is 0 Å². The van der Waals surface area contributed by atoms with Gasteiger partial charge in [-0.15, -0.1) is 0 Å². The third-order valence-electron chi connectivity index (χ3n) is 6.17. The molecule has 0 unspecified atom stereocenters. The van der Waals surface area contributed by atoms with Gasteiger partial charge in [0.2, 0.25) is 15.9 Å². The summed E-state index contributed by atoms with van der Waals surface area (Å²) >= 11 is 0. The highest BCUT2D eigenvalue weighted by Gasteiger charge is 2.36. The summed E-state index contributed by atoms with van der Waals surface area (Å²) in [6.45, 7) is 5.69. The maximum Gasteiger partial charge on any atom is 0.309 e. The number of ether oxygens (including phenoxy) is 2. The highest BCUT2D eigenvalue weighted by molar-refractivity contribution is 7.89. The maximum absolute atomic E-state index is 13.2. The van der Waals surface area contributed by atoms with E-state index in [1.807, 2.05) is 17.9 Å². The van der Waals surface area contributed by atoms with E-state index in [2.05, 4.69) is 0 Å². The van der Waals surface area contributed by atoms with E-state index >= 15 is 0 Å². The molecule has 31 heavy (non-hydrogen) atoms. The number of benzene rings is 1. The Morgan fingerprint density at radius 3 is 2.23 bits per heavy atom. The molecule has 8 nitrogen and oxygen atoms in total. The van der Waals surface area contributed by atoms with Gasteiger partial charge >= 0.3 is 5.97 Å². The monoisotopic (exact) mass is 452 g/mol. The summed E-state index contributed by atoms with van der Waals surface area (Å²) in [5.74, 6) is -0.120. The van der Waals surface area contributed by atoms with Gasteiger partial charge in [-0.25, -0.2) is 8.42 Å². The summed E-state index contributed by atoms with van der Waals surface area (Å²) in [5.41, 5.74) is 0.843. The standard InChI is InChI=1S/C22H32N2O6S/c1-4-30-22(26)18-7-11-23(12-8-18)21(25)17-9-13-24(14-10-17)31(27,28)20-15-16(2)5-6-19(20)29-3/h5-6,15,17-18H,4,7-14H2,1-3H3.